The van der Waals surface area contributed by atoms with Crippen LogP contribution >= 0.6 is 0 Å². The molecule has 0 aliphatic rings. The predicted molar refractivity (Wildman–Crippen MR) is 91.0 cm³/mol. The molecule has 0 aliphatic heterocycles. The number of ether oxygens (including phenoxy) is 2. The number of nitrogens with one attached hydrogen (secondary N) is 1. The molecule has 0 aromatic heterocycles. The molecule has 0 saturated heterocycles. The van der Waals surface area contributed by atoms with Crippen LogP contribution in [0.1, 0.15) is 27.0 Å². The first-order valence-electron chi connectivity index (χ1n) is 7.63. The molecule has 0 radical (unpaired) electrons. The highest BCUT2D eigenvalue weighted by atomic mass is 16.5. The van der Waals surface area contributed by atoms with Gasteiger partial charge in [0.05, 0.1) is 12.7 Å². The Morgan fingerprint density at radius 2 is 1.88 bits per heavy atom. The minimum atomic E-state index is -0.493. The van der Waals surface area contributed by atoms with E-state index in [0.717, 1.165) is 22.4 Å². The van der Waals surface area contributed by atoms with Gasteiger partial charge in [-0.3, -0.25) is 4.79 Å². The highest BCUT2D eigenvalue weighted by Crippen LogP contribution is 2.13. The van der Waals surface area contributed by atoms with Crippen molar-refractivity contribution < 1.29 is 19.1 Å². The minimum absolute atomic E-state index is 0.309. The third-order valence-corrected chi connectivity index (χ3v) is 3.57. The van der Waals surface area contributed by atoms with Crippen molar-refractivity contribution in [1.29, 1.82) is 0 Å². The van der Waals surface area contributed by atoms with Crippen molar-refractivity contribution in [2.75, 3.05) is 13.7 Å². The number of carbonyl (C=O) groups is 2. The Hall–Kier alpha value is -2.82. The smallest absolute Gasteiger partial charge is 0.338 e. The second-order valence-electron chi connectivity index (χ2n) is 5.52. The number of hydrogen-bond acceptors (Lipinski definition) is 4. The monoisotopic (exact) mass is 327 g/mol. The Balaban J connectivity index is 1.84. The highest BCUT2D eigenvalue weighted by molar-refractivity contribution is 5.92. The summed E-state index contributed by atoms with van der Waals surface area (Å²) in [6.45, 7) is 3.77. The third kappa shape index (κ3) is 4.84. The molecule has 0 atom stereocenters. The van der Waals surface area contributed by atoms with E-state index in [0.29, 0.717) is 12.1 Å². The Morgan fingerprint density at radius 3 is 2.62 bits per heavy atom. The number of rotatable bonds is 6. The summed E-state index contributed by atoms with van der Waals surface area (Å²) >= 11 is 0. The zero-order valence-corrected chi connectivity index (χ0v) is 14.1. The van der Waals surface area contributed by atoms with Crippen molar-refractivity contribution >= 4 is 11.9 Å². The molecule has 1 N–H and O–H groups in total. The molecule has 2 rings (SSSR count). The molecule has 5 heteroatoms. The van der Waals surface area contributed by atoms with Gasteiger partial charge in [0.2, 0.25) is 0 Å². The fraction of sp³-hybridized carbons (Fsp3) is 0.263. The lowest BCUT2D eigenvalue weighted by Gasteiger charge is -2.09. The van der Waals surface area contributed by atoms with Crippen LogP contribution in [0.3, 0.4) is 0 Å². The number of carbonyl (C=O) groups excluding carboxylic acids is 2. The quantitative estimate of drug-likeness (QED) is 0.829. The topological polar surface area (TPSA) is 64.6 Å². The van der Waals surface area contributed by atoms with Crippen molar-refractivity contribution in [3.05, 3.63) is 64.7 Å². The molecule has 24 heavy (non-hydrogen) atoms. The van der Waals surface area contributed by atoms with Crippen LogP contribution in [0.4, 0.5) is 0 Å². The van der Waals surface area contributed by atoms with E-state index in [1.54, 1.807) is 13.2 Å². The molecule has 0 heterocycles. The summed E-state index contributed by atoms with van der Waals surface area (Å²) < 4.78 is 10.2. The maximum Gasteiger partial charge on any atom is 0.338 e. The number of amides is 1. The van der Waals surface area contributed by atoms with Crippen LogP contribution in [-0.4, -0.2) is 25.6 Å². The van der Waals surface area contributed by atoms with E-state index in [9.17, 15) is 9.59 Å². The van der Waals surface area contributed by atoms with Gasteiger partial charge in [0.15, 0.2) is 6.61 Å². The van der Waals surface area contributed by atoms with Crippen LogP contribution in [0.2, 0.25) is 0 Å². The SMILES string of the molecule is COc1cccc(CNC(=O)COC(=O)c2cc(C)ccc2C)c1. The molecule has 126 valence electrons. The van der Waals surface area contributed by atoms with Crippen molar-refractivity contribution in [3.8, 4) is 5.75 Å². The summed E-state index contributed by atoms with van der Waals surface area (Å²) in [4.78, 5) is 23.9. The molecule has 0 aliphatic carbocycles. The van der Waals surface area contributed by atoms with E-state index in [-0.39, 0.29) is 12.5 Å². The van der Waals surface area contributed by atoms with Crippen molar-refractivity contribution in [1.82, 2.24) is 5.32 Å². The Morgan fingerprint density at radius 1 is 1.08 bits per heavy atom. The maximum absolute atomic E-state index is 12.1. The number of aryl methyl sites for hydroxylation is 2. The van der Waals surface area contributed by atoms with Gasteiger partial charge < -0.3 is 14.8 Å². The molecule has 0 saturated carbocycles. The van der Waals surface area contributed by atoms with Gasteiger partial charge in [-0.05, 0) is 43.2 Å². The van der Waals surface area contributed by atoms with E-state index in [4.69, 9.17) is 9.47 Å². The van der Waals surface area contributed by atoms with Crippen LogP contribution in [0.25, 0.3) is 0 Å². The summed E-state index contributed by atoms with van der Waals surface area (Å²) in [6, 6.07) is 12.9. The van der Waals surface area contributed by atoms with Gasteiger partial charge in [-0.2, -0.15) is 0 Å². The molecule has 1 amide bonds. The third-order valence-electron chi connectivity index (χ3n) is 3.57. The first-order chi connectivity index (χ1) is 11.5. The predicted octanol–water partition coefficient (Wildman–Crippen LogP) is 2.79. The van der Waals surface area contributed by atoms with Gasteiger partial charge >= 0.3 is 5.97 Å². The van der Waals surface area contributed by atoms with Crippen LogP contribution in [-0.2, 0) is 16.1 Å². The van der Waals surface area contributed by atoms with Gasteiger partial charge in [-0.1, -0.05) is 29.8 Å². The Kier molecular flexibility index (Phi) is 5.95. The van der Waals surface area contributed by atoms with E-state index < -0.39 is 5.97 Å². The molecule has 5 nitrogen and oxygen atoms in total. The van der Waals surface area contributed by atoms with Crippen LogP contribution in [0.15, 0.2) is 42.5 Å². The average Bonchev–Trinajstić information content (AvgIpc) is 2.60. The van der Waals surface area contributed by atoms with Crippen molar-refractivity contribution in [2.24, 2.45) is 0 Å². The fourth-order valence-corrected chi connectivity index (χ4v) is 2.20. The van der Waals surface area contributed by atoms with Gasteiger partial charge in [-0.15, -0.1) is 0 Å². The number of esters is 1. The largest absolute Gasteiger partial charge is 0.497 e. The normalized spacial score (nSPS) is 10.1. The summed E-state index contributed by atoms with van der Waals surface area (Å²) in [5.74, 6) is -0.118. The van der Waals surface area contributed by atoms with E-state index in [1.807, 2.05) is 50.2 Å². The van der Waals surface area contributed by atoms with Gasteiger partial charge in [0, 0.05) is 6.54 Å². The first-order valence-corrected chi connectivity index (χ1v) is 7.63. The molecule has 0 fully saturated rings. The van der Waals surface area contributed by atoms with E-state index >= 15 is 0 Å². The standard InChI is InChI=1S/C19H21NO4/c1-13-7-8-14(2)17(9-13)19(22)24-12-18(21)20-11-15-5-4-6-16(10-15)23-3/h4-10H,11-12H2,1-3H3,(H,20,21). The van der Waals surface area contributed by atoms with Crippen molar-refractivity contribution in [3.63, 3.8) is 0 Å². The second kappa shape index (κ2) is 8.15. The first kappa shape index (κ1) is 17.5. The molecular formula is C19H21NO4. The van der Waals surface area contributed by atoms with Crippen LogP contribution < -0.4 is 10.1 Å². The maximum atomic E-state index is 12.1. The lowest BCUT2D eigenvalue weighted by atomic mass is 10.1. The molecule has 2 aromatic carbocycles. The second-order valence-corrected chi connectivity index (χ2v) is 5.52. The van der Waals surface area contributed by atoms with Crippen LogP contribution in [0.5, 0.6) is 5.75 Å². The van der Waals surface area contributed by atoms with Gasteiger partial charge in [0.1, 0.15) is 5.75 Å². The number of benzene rings is 2. The van der Waals surface area contributed by atoms with Crippen molar-refractivity contribution in [2.45, 2.75) is 20.4 Å². The summed E-state index contributed by atoms with van der Waals surface area (Å²) in [7, 11) is 1.59. The van der Waals surface area contributed by atoms with Crippen LogP contribution in [0, 0.1) is 13.8 Å². The van der Waals surface area contributed by atoms with E-state index in [2.05, 4.69) is 5.32 Å². The highest BCUT2D eigenvalue weighted by Gasteiger charge is 2.12. The Labute approximate surface area is 141 Å². The molecule has 0 bridgehead atoms. The average molecular weight is 327 g/mol. The fourth-order valence-electron chi connectivity index (χ4n) is 2.20. The molecule has 2 aromatic rings. The zero-order chi connectivity index (χ0) is 17.5. The summed E-state index contributed by atoms with van der Waals surface area (Å²) in [5, 5.41) is 2.71. The van der Waals surface area contributed by atoms with E-state index in [1.165, 1.54) is 0 Å². The zero-order valence-electron chi connectivity index (χ0n) is 14.1. The number of methoxy groups -OCH3 is 1. The summed E-state index contributed by atoms with van der Waals surface area (Å²) in [6.07, 6.45) is 0. The van der Waals surface area contributed by atoms with Gasteiger partial charge in [0.25, 0.3) is 5.91 Å². The minimum Gasteiger partial charge on any atom is -0.497 e. The molecular weight excluding hydrogens is 306 g/mol. The van der Waals surface area contributed by atoms with Gasteiger partial charge in [-0.25, -0.2) is 4.79 Å². The molecule has 0 unspecified atom stereocenters. The lowest BCUT2D eigenvalue weighted by molar-refractivity contribution is -0.124. The molecule has 0 spiro atoms. The summed E-state index contributed by atoms with van der Waals surface area (Å²) in [5.41, 5.74) is 3.18. The Bertz CT molecular complexity index is 740. The lowest BCUT2D eigenvalue weighted by Crippen LogP contribution is -2.28. The number of hydrogen-bond donors (Lipinski definition) is 1.